The van der Waals surface area contributed by atoms with Crippen LogP contribution in [0.1, 0.15) is 32.3 Å². The lowest BCUT2D eigenvalue weighted by molar-refractivity contribution is 0.278. The lowest BCUT2D eigenvalue weighted by atomic mass is 10.2. The first-order chi connectivity index (χ1) is 11.2. The third kappa shape index (κ3) is 12.1. The topological polar surface area (TPSA) is 84.5 Å². The predicted molar refractivity (Wildman–Crippen MR) is 101 cm³/mol. The summed E-state index contributed by atoms with van der Waals surface area (Å²) in [5.74, 6) is 0. The Kier molecular flexibility index (Phi) is 15.2. The van der Waals surface area contributed by atoms with Crippen LogP contribution in [0.3, 0.4) is 0 Å². The van der Waals surface area contributed by atoms with E-state index in [1.807, 2.05) is 0 Å². The van der Waals surface area contributed by atoms with Gasteiger partial charge in [-0.05, 0) is 51.1 Å². The van der Waals surface area contributed by atoms with Crippen LogP contribution in [0.25, 0.3) is 0 Å². The van der Waals surface area contributed by atoms with Crippen LogP contribution >= 0.6 is 0 Å². The molecule has 1 rings (SSSR count). The highest BCUT2D eigenvalue weighted by molar-refractivity contribution is 5.14. The van der Waals surface area contributed by atoms with Crippen molar-refractivity contribution in [2.75, 3.05) is 45.9 Å². The SMILES string of the molecule is CCN(CCCN)Cc1ccccc1.CCN(CN)CCCN. The second-order valence-corrected chi connectivity index (χ2v) is 5.53. The molecule has 23 heavy (non-hydrogen) atoms. The van der Waals surface area contributed by atoms with Gasteiger partial charge in [-0.15, -0.1) is 0 Å². The molecule has 0 aliphatic carbocycles. The van der Waals surface area contributed by atoms with Crippen LogP contribution in [-0.2, 0) is 6.54 Å². The third-order valence-electron chi connectivity index (χ3n) is 3.76. The molecule has 0 spiro atoms. The van der Waals surface area contributed by atoms with E-state index in [9.17, 15) is 0 Å². The molecular formula is C18H37N5. The number of nitrogens with two attached hydrogens (primary N) is 3. The van der Waals surface area contributed by atoms with Gasteiger partial charge in [0.05, 0.1) is 0 Å². The van der Waals surface area contributed by atoms with Crippen molar-refractivity contribution >= 4 is 0 Å². The largest absolute Gasteiger partial charge is 0.330 e. The van der Waals surface area contributed by atoms with E-state index in [0.717, 1.165) is 58.7 Å². The Morgan fingerprint density at radius 1 is 0.783 bits per heavy atom. The number of benzene rings is 1. The minimum Gasteiger partial charge on any atom is -0.330 e. The van der Waals surface area contributed by atoms with Gasteiger partial charge in [-0.1, -0.05) is 44.2 Å². The molecule has 5 nitrogen and oxygen atoms in total. The van der Waals surface area contributed by atoms with Crippen LogP contribution in [0.15, 0.2) is 30.3 Å². The van der Waals surface area contributed by atoms with E-state index >= 15 is 0 Å². The second-order valence-electron chi connectivity index (χ2n) is 5.53. The molecule has 134 valence electrons. The van der Waals surface area contributed by atoms with Gasteiger partial charge in [0.15, 0.2) is 0 Å². The van der Waals surface area contributed by atoms with E-state index in [-0.39, 0.29) is 0 Å². The zero-order valence-electron chi connectivity index (χ0n) is 15.1. The summed E-state index contributed by atoms with van der Waals surface area (Å²) in [6, 6.07) is 10.6. The van der Waals surface area contributed by atoms with Gasteiger partial charge in [-0.2, -0.15) is 0 Å². The summed E-state index contributed by atoms with van der Waals surface area (Å²) in [5.41, 5.74) is 17.6. The van der Waals surface area contributed by atoms with Gasteiger partial charge in [0.2, 0.25) is 0 Å². The fourth-order valence-electron chi connectivity index (χ4n) is 2.20. The lowest BCUT2D eigenvalue weighted by Gasteiger charge is -2.19. The Hall–Kier alpha value is -0.980. The Morgan fingerprint density at radius 2 is 1.30 bits per heavy atom. The molecule has 0 radical (unpaired) electrons. The van der Waals surface area contributed by atoms with Gasteiger partial charge in [-0.25, -0.2) is 0 Å². The zero-order chi connectivity index (χ0) is 17.3. The molecule has 1 aromatic rings. The molecule has 0 fully saturated rings. The zero-order valence-corrected chi connectivity index (χ0v) is 15.1. The van der Waals surface area contributed by atoms with Crippen molar-refractivity contribution in [2.24, 2.45) is 17.2 Å². The van der Waals surface area contributed by atoms with Gasteiger partial charge < -0.3 is 17.2 Å². The first-order valence-electron chi connectivity index (χ1n) is 8.80. The van der Waals surface area contributed by atoms with E-state index in [1.54, 1.807) is 0 Å². The second kappa shape index (κ2) is 15.9. The standard InChI is InChI=1S/C12H20N2.C6H17N3/c1-2-14(10-6-9-13)11-12-7-4-3-5-8-12;1-2-9(6-8)5-3-4-7/h3-5,7-8H,2,6,9-11,13H2,1H3;2-8H2,1H3. The molecule has 0 aliphatic heterocycles. The maximum Gasteiger partial charge on any atom is 0.0455 e. The summed E-state index contributed by atoms with van der Waals surface area (Å²) < 4.78 is 0. The lowest BCUT2D eigenvalue weighted by Crippen LogP contribution is -2.31. The number of rotatable bonds is 11. The van der Waals surface area contributed by atoms with Crippen LogP contribution in [0.2, 0.25) is 0 Å². The van der Waals surface area contributed by atoms with Crippen molar-refractivity contribution in [3.63, 3.8) is 0 Å². The smallest absolute Gasteiger partial charge is 0.0455 e. The van der Waals surface area contributed by atoms with Crippen LogP contribution in [0.5, 0.6) is 0 Å². The first-order valence-corrected chi connectivity index (χ1v) is 8.80. The van der Waals surface area contributed by atoms with Crippen molar-refractivity contribution < 1.29 is 0 Å². The molecule has 1 aromatic carbocycles. The van der Waals surface area contributed by atoms with Crippen LogP contribution in [0, 0.1) is 0 Å². The van der Waals surface area contributed by atoms with Gasteiger partial charge in [0.1, 0.15) is 0 Å². The van der Waals surface area contributed by atoms with Crippen molar-refractivity contribution in [2.45, 2.75) is 33.2 Å². The Labute approximate surface area is 142 Å². The molecule has 0 saturated heterocycles. The van der Waals surface area contributed by atoms with E-state index in [2.05, 4.69) is 54.0 Å². The molecule has 0 heterocycles. The maximum absolute atomic E-state index is 5.50. The average molecular weight is 324 g/mol. The molecule has 0 atom stereocenters. The summed E-state index contributed by atoms with van der Waals surface area (Å²) in [6.07, 6.45) is 2.13. The van der Waals surface area contributed by atoms with E-state index in [0.29, 0.717) is 6.67 Å². The number of hydrogen-bond acceptors (Lipinski definition) is 5. The summed E-state index contributed by atoms with van der Waals surface area (Å²) in [6.45, 7) is 11.8. The molecule has 0 aliphatic rings. The molecule has 0 amide bonds. The Morgan fingerprint density at radius 3 is 1.74 bits per heavy atom. The fourth-order valence-corrected chi connectivity index (χ4v) is 2.20. The Balaban J connectivity index is 0.000000468. The molecule has 0 bridgehead atoms. The Bertz CT molecular complexity index is 341. The minimum absolute atomic E-state index is 0.649. The maximum atomic E-state index is 5.50. The van der Waals surface area contributed by atoms with E-state index in [4.69, 9.17) is 17.2 Å². The molecule has 0 aromatic heterocycles. The fraction of sp³-hybridized carbons (Fsp3) is 0.667. The molecular weight excluding hydrogens is 286 g/mol. The molecule has 0 saturated carbocycles. The monoisotopic (exact) mass is 323 g/mol. The van der Waals surface area contributed by atoms with Crippen LogP contribution < -0.4 is 17.2 Å². The number of nitrogens with zero attached hydrogens (tertiary/aromatic N) is 2. The highest BCUT2D eigenvalue weighted by atomic mass is 15.2. The van der Waals surface area contributed by atoms with Crippen molar-refractivity contribution in [3.8, 4) is 0 Å². The minimum atomic E-state index is 0.649. The van der Waals surface area contributed by atoms with Crippen molar-refractivity contribution in [3.05, 3.63) is 35.9 Å². The quantitative estimate of drug-likeness (QED) is 0.537. The predicted octanol–water partition coefficient (Wildman–Crippen LogP) is 1.43. The molecule has 5 heteroatoms. The van der Waals surface area contributed by atoms with E-state index in [1.165, 1.54) is 5.56 Å². The third-order valence-corrected chi connectivity index (χ3v) is 3.76. The van der Waals surface area contributed by atoms with Gasteiger partial charge in [0.25, 0.3) is 0 Å². The summed E-state index contributed by atoms with van der Waals surface area (Å²) in [7, 11) is 0. The first kappa shape index (κ1) is 22.0. The molecule has 6 N–H and O–H groups in total. The highest BCUT2D eigenvalue weighted by Gasteiger charge is 2.01. The summed E-state index contributed by atoms with van der Waals surface area (Å²) in [4.78, 5) is 4.58. The van der Waals surface area contributed by atoms with Gasteiger partial charge in [0, 0.05) is 19.8 Å². The normalized spacial score (nSPS) is 10.7. The van der Waals surface area contributed by atoms with Crippen molar-refractivity contribution in [1.82, 2.24) is 9.80 Å². The van der Waals surface area contributed by atoms with Gasteiger partial charge in [-0.3, -0.25) is 9.80 Å². The summed E-state index contributed by atoms with van der Waals surface area (Å²) in [5, 5.41) is 0. The van der Waals surface area contributed by atoms with Gasteiger partial charge >= 0.3 is 0 Å². The van der Waals surface area contributed by atoms with E-state index < -0.39 is 0 Å². The van der Waals surface area contributed by atoms with Crippen LogP contribution in [-0.4, -0.2) is 55.7 Å². The molecule has 0 unspecified atom stereocenters. The highest BCUT2D eigenvalue weighted by Crippen LogP contribution is 2.04. The summed E-state index contributed by atoms with van der Waals surface area (Å²) >= 11 is 0. The number of hydrogen-bond donors (Lipinski definition) is 3. The van der Waals surface area contributed by atoms with Crippen LogP contribution in [0.4, 0.5) is 0 Å². The van der Waals surface area contributed by atoms with Crippen molar-refractivity contribution in [1.29, 1.82) is 0 Å². The average Bonchev–Trinajstić information content (AvgIpc) is 2.61.